The summed E-state index contributed by atoms with van der Waals surface area (Å²) in [7, 11) is 0. The zero-order valence-electron chi connectivity index (χ0n) is 13.6. The molecular formula is C18H18F2N2O3. The van der Waals surface area contributed by atoms with Crippen LogP contribution in [-0.2, 0) is 4.79 Å². The SMILES string of the molecule is CC[C@H](NC(=O)COc1ccc(C(N)=O)cc1)c1cc(F)ccc1F. The topological polar surface area (TPSA) is 81.4 Å². The van der Waals surface area contributed by atoms with Gasteiger partial charge in [-0.3, -0.25) is 9.59 Å². The molecule has 2 aromatic rings. The number of rotatable bonds is 7. The highest BCUT2D eigenvalue weighted by Gasteiger charge is 2.17. The zero-order valence-corrected chi connectivity index (χ0v) is 13.6. The van der Waals surface area contributed by atoms with Crippen LogP contribution in [0.5, 0.6) is 5.75 Å². The summed E-state index contributed by atoms with van der Waals surface area (Å²) in [6.45, 7) is 1.45. The molecule has 0 aliphatic heterocycles. The minimum atomic E-state index is -0.663. The van der Waals surface area contributed by atoms with Crippen molar-refractivity contribution >= 4 is 11.8 Å². The molecule has 2 aromatic carbocycles. The quantitative estimate of drug-likeness (QED) is 0.807. The van der Waals surface area contributed by atoms with Crippen LogP contribution >= 0.6 is 0 Å². The lowest BCUT2D eigenvalue weighted by Gasteiger charge is -2.18. The second-order valence-electron chi connectivity index (χ2n) is 5.37. The highest BCUT2D eigenvalue weighted by atomic mass is 19.1. The highest BCUT2D eigenvalue weighted by Crippen LogP contribution is 2.21. The molecule has 2 rings (SSSR count). The number of carbonyl (C=O) groups is 2. The van der Waals surface area contributed by atoms with Gasteiger partial charge < -0.3 is 15.8 Å². The van der Waals surface area contributed by atoms with E-state index in [9.17, 15) is 18.4 Å². The highest BCUT2D eigenvalue weighted by molar-refractivity contribution is 5.92. The van der Waals surface area contributed by atoms with Gasteiger partial charge in [-0.1, -0.05) is 6.92 Å². The Labute approximate surface area is 143 Å². The van der Waals surface area contributed by atoms with Crippen LogP contribution in [0.4, 0.5) is 8.78 Å². The molecule has 0 unspecified atom stereocenters. The molecule has 0 bridgehead atoms. The Morgan fingerprint density at radius 2 is 1.84 bits per heavy atom. The normalized spacial score (nSPS) is 11.6. The molecule has 0 spiro atoms. The third-order valence-electron chi connectivity index (χ3n) is 3.59. The molecule has 0 saturated heterocycles. The first kappa shape index (κ1) is 18.4. The van der Waals surface area contributed by atoms with Crippen LogP contribution in [0.1, 0.15) is 35.3 Å². The summed E-state index contributed by atoms with van der Waals surface area (Å²) < 4.78 is 32.4. The maximum absolute atomic E-state index is 13.8. The number of hydrogen-bond acceptors (Lipinski definition) is 3. The molecule has 0 aromatic heterocycles. The summed E-state index contributed by atoms with van der Waals surface area (Å²) in [6.07, 6.45) is 0.388. The van der Waals surface area contributed by atoms with Crippen LogP contribution in [0.2, 0.25) is 0 Å². The zero-order chi connectivity index (χ0) is 18.4. The molecule has 0 fully saturated rings. The van der Waals surface area contributed by atoms with E-state index < -0.39 is 29.5 Å². The van der Waals surface area contributed by atoms with Gasteiger partial charge in [0.1, 0.15) is 17.4 Å². The van der Waals surface area contributed by atoms with E-state index in [-0.39, 0.29) is 12.2 Å². The number of nitrogens with two attached hydrogens (primary N) is 1. The summed E-state index contributed by atoms with van der Waals surface area (Å²) in [5.74, 6) is -1.82. The maximum atomic E-state index is 13.8. The van der Waals surface area contributed by atoms with Crippen LogP contribution in [0.3, 0.4) is 0 Å². The first-order valence-electron chi connectivity index (χ1n) is 7.67. The molecule has 7 heteroatoms. The number of halogens is 2. The first-order valence-corrected chi connectivity index (χ1v) is 7.67. The second-order valence-corrected chi connectivity index (χ2v) is 5.37. The smallest absolute Gasteiger partial charge is 0.258 e. The fourth-order valence-electron chi connectivity index (χ4n) is 2.28. The van der Waals surface area contributed by atoms with Crippen LogP contribution < -0.4 is 15.8 Å². The molecule has 0 aliphatic rings. The van der Waals surface area contributed by atoms with Gasteiger partial charge in [0.05, 0.1) is 6.04 Å². The van der Waals surface area contributed by atoms with Crippen molar-refractivity contribution in [1.29, 1.82) is 0 Å². The lowest BCUT2D eigenvalue weighted by atomic mass is 10.0. The summed E-state index contributed by atoms with van der Waals surface area (Å²) in [4.78, 5) is 23.0. The van der Waals surface area contributed by atoms with E-state index in [1.54, 1.807) is 6.92 Å². The molecule has 3 N–H and O–H groups in total. The molecule has 0 saturated carbocycles. The third-order valence-corrected chi connectivity index (χ3v) is 3.59. The number of carbonyl (C=O) groups excluding carboxylic acids is 2. The van der Waals surface area contributed by atoms with Gasteiger partial charge >= 0.3 is 0 Å². The fraction of sp³-hybridized carbons (Fsp3) is 0.222. The van der Waals surface area contributed by atoms with E-state index in [4.69, 9.17) is 10.5 Å². The summed E-state index contributed by atoms with van der Waals surface area (Å²) >= 11 is 0. The van der Waals surface area contributed by atoms with E-state index in [0.29, 0.717) is 17.7 Å². The maximum Gasteiger partial charge on any atom is 0.258 e. The van der Waals surface area contributed by atoms with Crippen molar-refractivity contribution in [2.24, 2.45) is 5.73 Å². The Morgan fingerprint density at radius 1 is 1.16 bits per heavy atom. The lowest BCUT2D eigenvalue weighted by Crippen LogP contribution is -2.32. The first-order chi connectivity index (χ1) is 11.9. The number of nitrogens with one attached hydrogen (secondary N) is 1. The molecule has 5 nitrogen and oxygen atoms in total. The van der Waals surface area contributed by atoms with Crippen molar-refractivity contribution in [2.45, 2.75) is 19.4 Å². The minimum Gasteiger partial charge on any atom is -0.484 e. The number of amides is 2. The molecule has 0 aliphatic carbocycles. The Morgan fingerprint density at radius 3 is 2.44 bits per heavy atom. The van der Waals surface area contributed by atoms with Crippen LogP contribution in [0.25, 0.3) is 0 Å². The average molecular weight is 348 g/mol. The van der Waals surface area contributed by atoms with Crippen LogP contribution in [0, 0.1) is 11.6 Å². The molecule has 0 heterocycles. The molecule has 0 radical (unpaired) electrons. The largest absolute Gasteiger partial charge is 0.484 e. The van der Waals surface area contributed by atoms with E-state index in [1.165, 1.54) is 24.3 Å². The molecule has 132 valence electrons. The molecular weight excluding hydrogens is 330 g/mol. The molecule has 2 amide bonds. The molecule has 1 atom stereocenters. The van der Waals surface area contributed by atoms with Crippen molar-refractivity contribution in [3.8, 4) is 5.75 Å². The van der Waals surface area contributed by atoms with E-state index in [0.717, 1.165) is 18.2 Å². The van der Waals surface area contributed by atoms with Gasteiger partial charge in [0.15, 0.2) is 6.61 Å². The van der Waals surface area contributed by atoms with Crippen molar-refractivity contribution < 1.29 is 23.1 Å². The van der Waals surface area contributed by atoms with Gasteiger partial charge in [0, 0.05) is 11.1 Å². The van der Waals surface area contributed by atoms with Gasteiger partial charge in [0.2, 0.25) is 5.91 Å². The van der Waals surface area contributed by atoms with Crippen molar-refractivity contribution in [2.75, 3.05) is 6.61 Å². The van der Waals surface area contributed by atoms with Gasteiger partial charge in [-0.2, -0.15) is 0 Å². The Balaban J connectivity index is 1.96. The van der Waals surface area contributed by atoms with E-state index >= 15 is 0 Å². The predicted octanol–water partition coefficient (Wildman–Crippen LogP) is 2.71. The van der Waals surface area contributed by atoms with E-state index in [2.05, 4.69) is 5.32 Å². The summed E-state index contributed by atoms with van der Waals surface area (Å²) in [6, 6.07) is 8.42. The number of hydrogen-bond donors (Lipinski definition) is 2. The molecule has 25 heavy (non-hydrogen) atoms. The summed E-state index contributed by atoms with van der Waals surface area (Å²) in [5.41, 5.74) is 5.54. The van der Waals surface area contributed by atoms with Crippen molar-refractivity contribution in [1.82, 2.24) is 5.32 Å². The Kier molecular flexibility index (Phi) is 6.05. The Bertz CT molecular complexity index is 763. The monoisotopic (exact) mass is 348 g/mol. The van der Waals surface area contributed by atoms with Crippen LogP contribution in [-0.4, -0.2) is 18.4 Å². The van der Waals surface area contributed by atoms with Gasteiger partial charge in [0.25, 0.3) is 5.91 Å². The summed E-state index contributed by atoms with van der Waals surface area (Å²) in [5, 5.41) is 2.61. The average Bonchev–Trinajstić information content (AvgIpc) is 2.60. The third kappa shape index (κ3) is 5.00. The standard InChI is InChI=1S/C18H18F2N2O3/c1-2-16(14-9-12(19)5-8-15(14)20)22-17(23)10-25-13-6-3-11(4-7-13)18(21)24/h3-9,16H,2,10H2,1H3,(H2,21,24)(H,22,23)/t16-/m0/s1. The van der Waals surface area contributed by atoms with Gasteiger partial charge in [-0.25, -0.2) is 8.78 Å². The minimum absolute atomic E-state index is 0.0849. The predicted molar refractivity (Wildman–Crippen MR) is 88.0 cm³/mol. The number of ether oxygens (including phenoxy) is 1. The fourth-order valence-corrected chi connectivity index (χ4v) is 2.28. The van der Waals surface area contributed by atoms with Gasteiger partial charge in [-0.05, 0) is 48.9 Å². The second kappa shape index (κ2) is 8.23. The number of primary amides is 1. The van der Waals surface area contributed by atoms with E-state index in [1.807, 2.05) is 0 Å². The van der Waals surface area contributed by atoms with Crippen molar-refractivity contribution in [3.63, 3.8) is 0 Å². The van der Waals surface area contributed by atoms with Gasteiger partial charge in [-0.15, -0.1) is 0 Å². The lowest BCUT2D eigenvalue weighted by molar-refractivity contribution is -0.123. The Hall–Kier alpha value is -2.96. The van der Waals surface area contributed by atoms with Crippen LogP contribution in [0.15, 0.2) is 42.5 Å². The van der Waals surface area contributed by atoms with Crippen molar-refractivity contribution in [3.05, 3.63) is 65.2 Å². The number of benzene rings is 2.